The summed E-state index contributed by atoms with van der Waals surface area (Å²) in [5.74, 6) is -0.623. The number of carbonyl (C=O) groups is 1. The van der Waals surface area contributed by atoms with Crippen molar-refractivity contribution >= 4 is 21.4 Å². The van der Waals surface area contributed by atoms with Crippen molar-refractivity contribution in [3.8, 4) is 5.69 Å². The second kappa shape index (κ2) is 9.31. The lowest BCUT2D eigenvalue weighted by molar-refractivity contribution is -0.384. The molecule has 1 N–H and O–H groups in total. The lowest BCUT2D eigenvalue weighted by Crippen LogP contribution is -2.26. The predicted molar refractivity (Wildman–Crippen MR) is 111 cm³/mol. The van der Waals surface area contributed by atoms with E-state index in [2.05, 4.69) is 10.3 Å². The van der Waals surface area contributed by atoms with Gasteiger partial charge in [-0.2, -0.15) is 0 Å². The Morgan fingerprint density at radius 3 is 2.60 bits per heavy atom. The molecule has 3 aromatic rings. The van der Waals surface area contributed by atoms with Crippen LogP contribution in [0.25, 0.3) is 5.69 Å². The van der Waals surface area contributed by atoms with Gasteiger partial charge >= 0.3 is 0 Å². The van der Waals surface area contributed by atoms with Crippen LogP contribution in [0.3, 0.4) is 0 Å². The van der Waals surface area contributed by atoms with Gasteiger partial charge in [0.25, 0.3) is 11.6 Å². The van der Waals surface area contributed by atoms with Crippen molar-refractivity contribution in [1.82, 2.24) is 14.9 Å². The first-order valence-corrected chi connectivity index (χ1v) is 11.0. The monoisotopic (exact) mass is 428 g/mol. The maximum absolute atomic E-state index is 12.3. The first-order chi connectivity index (χ1) is 14.4. The van der Waals surface area contributed by atoms with Gasteiger partial charge in [0.15, 0.2) is 9.84 Å². The van der Waals surface area contributed by atoms with Gasteiger partial charge in [-0.05, 0) is 24.1 Å². The highest BCUT2D eigenvalue weighted by atomic mass is 32.2. The molecular weight excluding hydrogens is 408 g/mol. The minimum atomic E-state index is -3.30. The number of sulfone groups is 1. The molecule has 0 saturated carbocycles. The molecule has 0 atom stereocenters. The topological polar surface area (TPSA) is 124 Å². The molecule has 156 valence electrons. The summed E-state index contributed by atoms with van der Waals surface area (Å²) >= 11 is 0. The number of benzene rings is 2. The standard InChI is InChI=1S/C20H20N4O5S/c25-20(22-9-4-12-30(28,29)14-16-5-2-1-3-6-16)17-7-8-18(19(13-17)24(26)27)23-11-10-21-15-23/h1-3,5-8,10-11,13,15H,4,9,12,14H2,(H,22,25). The maximum Gasteiger partial charge on any atom is 0.294 e. The van der Waals surface area contributed by atoms with Gasteiger partial charge in [-0.15, -0.1) is 0 Å². The fraction of sp³-hybridized carbons (Fsp3) is 0.200. The van der Waals surface area contributed by atoms with E-state index in [0.717, 1.165) is 0 Å². The van der Waals surface area contributed by atoms with Crippen molar-refractivity contribution in [1.29, 1.82) is 0 Å². The van der Waals surface area contributed by atoms with Crippen molar-refractivity contribution in [3.63, 3.8) is 0 Å². The van der Waals surface area contributed by atoms with Gasteiger partial charge in [0.1, 0.15) is 5.69 Å². The Labute approximate surface area is 173 Å². The molecule has 1 heterocycles. The molecule has 0 fully saturated rings. The van der Waals surface area contributed by atoms with Gasteiger partial charge in [-0.3, -0.25) is 14.9 Å². The lowest BCUT2D eigenvalue weighted by Gasteiger charge is -2.08. The first kappa shape index (κ1) is 21.2. The van der Waals surface area contributed by atoms with E-state index >= 15 is 0 Å². The molecule has 0 spiro atoms. The average Bonchev–Trinajstić information content (AvgIpc) is 3.25. The normalized spacial score (nSPS) is 11.2. The zero-order chi connectivity index (χ0) is 21.6. The number of nitrogens with zero attached hydrogens (tertiary/aromatic N) is 3. The molecule has 0 unspecified atom stereocenters. The molecule has 30 heavy (non-hydrogen) atoms. The Kier molecular flexibility index (Phi) is 6.58. The van der Waals surface area contributed by atoms with Gasteiger partial charge in [0.05, 0.1) is 22.8 Å². The number of imidazole rings is 1. The SMILES string of the molecule is O=C(NCCCS(=O)(=O)Cc1ccccc1)c1ccc(-n2ccnc2)c([N+](=O)[O-])c1. The summed E-state index contributed by atoms with van der Waals surface area (Å²) in [6.45, 7) is 0.143. The summed E-state index contributed by atoms with van der Waals surface area (Å²) in [6, 6.07) is 13.0. The number of nitro groups is 1. The summed E-state index contributed by atoms with van der Waals surface area (Å²) in [5.41, 5.74) is 0.900. The molecule has 0 aliphatic carbocycles. The molecule has 0 radical (unpaired) electrons. The Hall–Kier alpha value is -3.53. The summed E-state index contributed by atoms with van der Waals surface area (Å²) in [5, 5.41) is 14.0. The highest BCUT2D eigenvalue weighted by Gasteiger charge is 2.19. The molecule has 2 aromatic carbocycles. The fourth-order valence-electron chi connectivity index (χ4n) is 2.93. The predicted octanol–water partition coefficient (Wildman–Crippen LogP) is 2.52. The van der Waals surface area contributed by atoms with Crippen LogP contribution >= 0.6 is 0 Å². The van der Waals surface area contributed by atoms with Crippen LogP contribution in [0.4, 0.5) is 5.69 Å². The van der Waals surface area contributed by atoms with E-state index < -0.39 is 20.7 Å². The fourth-order valence-corrected chi connectivity index (χ4v) is 4.36. The minimum Gasteiger partial charge on any atom is -0.352 e. The minimum absolute atomic E-state index is 0.0519. The molecule has 1 aromatic heterocycles. The van der Waals surface area contributed by atoms with E-state index in [4.69, 9.17) is 0 Å². The molecular formula is C20H20N4O5S. The number of aromatic nitrogens is 2. The maximum atomic E-state index is 12.3. The van der Waals surface area contributed by atoms with Crippen LogP contribution in [0.15, 0.2) is 67.3 Å². The molecule has 0 aliphatic heterocycles. The molecule has 10 heteroatoms. The van der Waals surface area contributed by atoms with Crippen LogP contribution < -0.4 is 5.32 Å². The van der Waals surface area contributed by atoms with Crippen LogP contribution in [-0.4, -0.2) is 41.1 Å². The quantitative estimate of drug-likeness (QED) is 0.317. The number of hydrogen-bond donors (Lipinski definition) is 1. The third-order valence-electron chi connectivity index (χ3n) is 4.36. The number of nitrogens with one attached hydrogen (secondary N) is 1. The van der Waals surface area contributed by atoms with Gasteiger partial charge in [0.2, 0.25) is 0 Å². The molecule has 0 bridgehead atoms. The number of amides is 1. The van der Waals surface area contributed by atoms with Crippen molar-refractivity contribution in [2.45, 2.75) is 12.2 Å². The summed E-state index contributed by atoms with van der Waals surface area (Å²) < 4.78 is 25.9. The van der Waals surface area contributed by atoms with Gasteiger partial charge in [-0.1, -0.05) is 30.3 Å². The van der Waals surface area contributed by atoms with Gasteiger partial charge in [0, 0.05) is 30.6 Å². The smallest absolute Gasteiger partial charge is 0.294 e. The van der Waals surface area contributed by atoms with Crippen LogP contribution in [0.2, 0.25) is 0 Å². The lowest BCUT2D eigenvalue weighted by atomic mass is 10.1. The third kappa shape index (κ3) is 5.51. The number of nitro benzene ring substituents is 1. The van der Waals surface area contributed by atoms with E-state index in [0.29, 0.717) is 11.3 Å². The molecule has 9 nitrogen and oxygen atoms in total. The highest BCUT2D eigenvalue weighted by Crippen LogP contribution is 2.24. The van der Waals surface area contributed by atoms with Crippen LogP contribution in [0.1, 0.15) is 22.3 Å². The Morgan fingerprint density at radius 1 is 1.17 bits per heavy atom. The van der Waals surface area contributed by atoms with Crippen molar-refractivity contribution in [2.24, 2.45) is 0 Å². The molecule has 1 amide bonds. The second-order valence-electron chi connectivity index (χ2n) is 6.62. The largest absolute Gasteiger partial charge is 0.352 e. The van der Waals surface area contributed by atoms with Crippen LogP contribution in [-0.2, 0) is 15.6 Å². The molecule has 0 saturated heterocycles. The summed E-state index contributed by atoms with van der Waals surface area (Å²) in [7, 11) is -3.30. The molecule has 3 rings (SSSR count). The Morgan fingerprint density at radius 2 is 1.93 bits per heavy atom. The van der Waals surface area contributed by atoms with E-state index in [1.165, 1.54) is 35.3 Å². The second-order valence-corrected chi connectivity index (χ2v) is 8.80. The Balaban J connectivity index is 1.57. The Bertz CT molecular complexity index is 1130. The van der Waals surface area contributed by atoms with E-state index in [1.54, 1.807) is 30.5 Å². The van der Waals surface area contributed by atoms with Crippen LogP contribution in [0, 0.1) is 10.1 Å². The van der Waals surface area contributed by atoms with Crippen molar-refractivity contribution in [2.75, 3.05) is 12.3 Å². The van der Waals surface area contributed by atoms with Gasteiger partial charge in [-0.25, -0.2) is 13.4 Å². The van der Waals surface area contributed by atoms with E-state index in [-0.39, 0.29) is 35.7 Å². The van der Waals surface area contributed by atoms with Crippen molar-refractivity contribution in [3.05, 3.63) is 88.5 Å². The van der Waals surface area contributed by atoms with Gasteiger partial charge < -0.3 is 9.88 Å². The van der Waals surface area contributed by atoms with E-state index in [1.807, 2.05) is 6.07 Å². The molecule has 0 aliphatic rings. The zero-order valence-corrected chi connectivity index (χ0v) is 16.8. The number of rotatable bonds is 9. The number of carbonyl (C=O) groups excluding carboxylic acids is 1. The average molecular weight is 428 g/mol. The summed E-state index contributed by atoms with van der Waals surface area (Å²) in [4.78, 5) is 27.0. The van der Waals surface area contributed by atoms with Crippen LogP contribution in [0.5, 0.6) is 0 Å². The van der Waals surface area contributed by atoms with Crippen molar-refractivity contribution < 1.29 is 18.1 Å². The number of hydrogen-bond acceptors (Lipinski definition) is 6. The zero-order valence-electron chi connectivity index (χ0n) is 16.0. The summed E-state index contributed by atoms with van der Waals surface area (Å²) in [6.07, 6.45) is 4.74. The first-order valence-electron chi connectivity index (χ1n) is 9.15. The third-order valence-corrected chi connectivity index (χ3v) is 6.05. The van der Waals surface area contributed by atoms with E-state index in [9.17, 15) is 23.3 Å². The highest BCUT2D eigenvalue weighted by molar-refractivity contribution is 7.90.